The lowest BCUT2D eigenvalue weighted by atomic mass is 9.98. The molecule has 0 spiro atoms. The Morgan fingerprint density at radius 3 is 2.75 bits per heavy atom. The lowest BCUT2D eigenvalue weighted by Crippen LogP contribution is -2.50. The minimum Gasteiger partial charge on any atom is -0.368 e. The van der Waals surface area contributed by atoms with Gasteiger partial charge in [0, 0.05) is 24.7 Å². The van der Waals surface area contributed by atoms with Gasteiger partial charge in [-0.2, -0.15) is 0 Å². The summed E-state index contributed by atoms with van der Waals surface area (Å²) in [5.41, 5.74) is 1.01. The highest BCUT2D eigenvalue weighted by atomic mass is 35.5. The summed E-state index contributed by atoms with van der Waals surface area (Å²) in [7, 11) is 0. The van der Waals surface area contributed by atoms with E-state index in [2.05, 4.69) is 5.32 Å². The number of nitrogens with one attached hydrogen (secondary N) is 1. The average Bonchev–Trinajstić information content (AvgIpc) is 2.61. The number of hydrogen-bond donors (Lipinski definition) is 1. The maximum Gasteiger partial charge on any atom is 0.249 e. The number of halogens is 2. The van der Waals surface area contributed by atoms with E-state index >= 15 is 0 Å². The van der Waals surface area contributed by atoms with Gasteiger partial charge in [-0.25, -0.2) is 0 Å². The number of rotatable bonds is 4. The van der Waals surface area contributed by atoms with Gasteiger partial charge in [-0.15, -0.1) is 12.4 Å². The Hall–Kier alpha value is -0.810. The Kier molecular flexibility index (Phi) is 7.82. The molecule has 0 radical (unpaired) electrons. The second-order valence-corrected chi connectivity index (χ2v) is 6.81. The zero-order valence-electron chi connectivity index (χ0n) is 13.9. The van der Waals surface area contributed by atoms with E-state index in [-0.39, 0.29) is 37.1 Å². The molecule has 1 aliphatic carbocycles. The minimum absolute atomic E-state index is 0. The molecule has 2 aliphatic rings. The fourth-order valence-corrected chi connectivity index (χ4v) is 3.79. The molecule has 1 heterocycles. The summed E-state index contributed by atoms with van der Waals surface area (Å²) < 4.78 is 5.87. The van der Waals surface area contributed by atoms with Crippen LogP contribution < -0.4 is 5.32 Å². The first-order valence-corrected chi connectivity index (χ1v) is 8.99. The summed E-state index contributed by atoms with van der Waals surface area (Å²) in [6.45, 7) is 2.43. The molecule has 1 N–H and O–H groups in total. The predicted molar refractivity (Wildman–Crippen MR) is 98.8 cm³/mol. The molecule has 0 aromatic heterocycles. The number of hydrogen-bond acceptors (Lipinski definition) is 3. The smallest absolute Gasteiger partial charge is 0.249 e. The molecule has 1 atom stereocenters. The molecular formula is C18H26Cl2N2O2. The number of carbonyl (C=O) groups excluding carboxylic acids is 1. The molecule has 1 aromatic rings. The topological polar surface area (TPSA) is 41.6 Å². The Labute approximate surface area is 155 Å². The quantitative estimate of drug-likeness (QED) is 0.877. The number of carbonyl (C=O) groups is 1. The minimum atomic E-state index is -0.0140. The Morgan fingerprint density at radius 1 is 1.25 bits per heavy atom. The Morgan fingerprint density at radius 2 is 2.00 bits per heavy atom. The van der Waals surface area contributed by atoms with Crippen molar-refractivity contribution in [3.05, 3.63) is 34.9 Å². The van der Waals surface area contributed by atoms with Gasteiger partial charge in [0.05, 0.1) is 12.1 Å². The lowest BCUT2D eigenvalue weighted by Gasteiger charge is -2.37. The van der Waals surface area contributed by atoms with Gasteiger partial charge in [-0.3, -0.25) is 4.79 Å². The van der Waals surface area contributed by atoms with Gasteiger partial charge in [0.25, 0.3) is 0 Å². The average molecular weight is 373 g/mol. The normalized spacial score (nSPS) is 22.0. The molecule has 1 aromatic carbocycles. The van der Waals surface area contributed by atoms with E-state index in [1.807, 2.05) is 29.2 Å². The van der Waals surface area contributed by atoms with E-state index in [0.29, 0.717) is 11.6 Å². The molecule has 1 unspecified atom stereocenters. The van der Waals surface area contributed by atoms with E-state index in [0.717, 1.165) is 31.5 Å². The highest BCUT2D eigenvalue weighted by molar-refractivity contribution is 6.31. The third-order valence-corrected chi connectivity index (χ3v) is 5.17. The van der Waals surface area contributed by atoms with Crippen LogP contribution in [0.15, 0.2) is 24.3 Å². The first kappa shape index (κ1) is 19.5. The van der Waals surface area contributed by atoms with Crippen LogP contribution in [0.1, 0.15) is 43.7 Å². The van der Waals surface area contributed by atoms with Crippen LogP contribution in [-0.2, 0) is 9.53 Å². The standard InChI is InChI=1S/C18H25ClN2O2.ClH/c19-16-9-5-4-8-15(16)17-12-20-10-11-21(17)18(22)13-23-14-6-2-1-3-7-14;/h4-5,8-9,14,17,20H,1-3,6-7,10-13H2;1H. The molecular weight excluding hydrogens is 347 g/mol. The zero-order chi connectivity index (χ0) is 16.1. The van der Waals surface area contributed by atoms with Crippen LogP contribution >= 0.6 is 24.0 Å². The van der Waals surface area contributed by atoms with Crippen molar-refractivity contribution in [2.24, 2.45) is 0 Å². The second-order valence-electron chi connectivity index (χ2n) is 6.40. The van der Waals surface area contributed by atoms with E-state index in [1.165, 1.54) is 19.3 Å². The van der Waals surface area contributed by atoms with Crippen molar-refractivity contribution in [3.63, 3.8) is 0 Å². The van der Waals surface area contributed by atoms with Crippen LogP contribution in [0, 0.1) is 0 Å². The molecule has 134 valence electrons. The van der Waals surface area contributed by atoms with E-state index < -0.39 is 0 Å². The van der Waals surface area contributed by atoms with Crippen molar-refractivity contribution in [3.8, 4) is 0 Å². The molecule has 1 amide bonds. The van der Waals surface area contributed by atoms with Gasteiger partial charge >= 0.3 is 0 Å². The number of ether oxygens (including phenoxy) is 1. The van der Waals surface area contributed by atoms with Gasteiger partial charge in [0.1, 0.15) is 6.61 Å². The largest absolute Gasteiger partial charge is 0.368 e. The van der Waals surface area contributed by atoms with Crippen molar-refractivity contribution in [2.45, 2.75) is 44.2 Å². The van der Waals surface area contributed by atoms with Gasteiger partial charge in [0.2, 0.25) is 5.91 Å². The SMILES string of the molecule is Cl.O=C(COC1CCCCC1)N1CCNCC1c1ccccc1Cl. The maximum atomic E-state index is 12.7. The molecule has 3 rings (SSSR count). The molecule has 24 heavy (non-hydrogen) atoms. The molecule has 6 heteroatoms. The Balaban J connectivity index is 0.00000208. The first-order chi connectivity index (χ1) is 11.3. The maximum absolute atomic E-state index is 12.7. The van der Waals surface area contributed by atoms with E-state index in [4.69, 9.17) is 16.3 Å². The van der Waals surface area contributed by atoms with Gasteiger partial charge < -0.3 is 15.0 Å². The van der Waals surface area contributed by atoms with Crippen molar-refractivity contribution in [1.29, 1.82) is 0 Å². The molecule has 1 saturated carbocycles. The molecule has 1 aliphatic heterocycles. The highest BCUT2D eigenvalue weighted by Crippen LogP contribution is 2.29. The van der Waals surface area contributed by atoms with Gasteiger partial charge in [0.15, 0.2) is 0 Å². The Bertz CT molecular complexity index is 536. The summed E-state index contributed by atoms with van der Waals surface area (Å²) in [6.07, 6.45) is 6.16. The number of piperazine rings is 1. The third kappa shape index (κ3) is 4.85. The fourth-order valence-electron chi connectivity index (χ4n) is 3.53. The number of nitrogens with zero attached hydrogens (tertiary/aromatic N) is 1. The first-order valence-electron chi connectivity index (χ1n) is 8.62. The number of amides is 1. The van der Waals surface area contributed by atoms with Crippen molar-refractivity contribution in [2.75, 3.05) is 26.2 Å². The third-order valence-electron chi connectivity index (χ3n) is 4.82. The van der Waals surface area contributed by atoms with E-state index in [9.17, 15) is 4.79 Å². The zero-order valence-corrected chi connectivity index (χ0v) is 15.5. The number of benzene rings is 1. The van der Waals surface area contributed by atoms with Crippen LogP contribution in [0.5, 0.6) is 0 Å². The second kappa shape index (κ2) is 9.62. The van der Waals surface area contributed by atoms with Crippen molar-refractivity contribution < 1.29 is 9.53 Å². The van der Waals surface area contributed by atoms with Crippen LogP contribution in [0.3, 0.4) is 0 Å². The fraction of sp³-hybridized carbons (Fsp3) is 0.611. The predicted octanol–water partition coefficient (Wildman–Crippen LogP) is 3.58. The van der Waals surface area contributed by atoms with Crippen LogP contribution in [0.2, 0.25) is 5.02 Å². The van der Waals surface area contributed by atoms with Crippen LogP contribution in [0.25, 0.3) is 0 Å². The molecule has 0 bridgehead atoms. The molecule has 1 saturated heterocycles. The summed E-state index contributed by atoms with van der Waals surface area (Å²) in [4.78, 5) is 14.6. The van der Waals surface area contributed by atoms with Crippen LogP contribution in [0.4, 0.5) is 0 Å². The summed E-state index contributed by atoms with van der Waals surface area (Å²) in [5, 5.41) is 4.07. The monoisotopic (exact) mass is 372 g/mol. The lowest BCUT2D eigenvalue weighted by molar-refractivity contribution is -0.142. The summed E-state index contributed by atoms with van der Waals surface area (Å²) in [6, 6.07) is 7.76. The summed E-state index contributed by atoms with van der Waals surface area (Å²) >= 11 is 6.33. The molecule has 4 nitrogen and oxygen atoms in total. The van der Waals surface area contributed by atoms with Crippen molar-refractivity contribution in [1.82, 2.24) is 10.2 Å². The summed E-state index contributed by atoms with van der Waals surface area (Å²) in [5.74, 6) is 0.0713. The van der Waals surface area contributed by atoms with Gasteiger partial charge in [-0.1, -0.05) is 49.1 Å². The van der Waals surface area contributed by atoms with E-state index in [1.54, 1.807) is 0 Å². The van der Waals surface area contributed by atoms with Crippen molar-refractivity contribution >= 4 is 29.9 Å². The van der Waals surface area contributed by atoms with Gasteiger partial charge in [-0.05, 0) is 24.5 Å². The molecule has 2 fully saturated rings. The highest BCUT2D eigenvalue weighted by Gasteiger charge is 2.29. The van der Waals surface area contributed by atoms with Crippen LogP contribution in [-0.4, -0.2) is 43.2 Å².